The summed E-state index contributed by atoms with van der Waals surface area (Å²) in [4.78, 5) is 50.2. The van der Waals surface area contributed by atoms with E-state index in [2.05, 4.69) is 5.32 Å². The van der Waals surface area contributed by atoms with E-state index in [1.54, 1.807) is 24.3 Å². The van der Waals surface area contributed by atoms with Gasteiger partial charge in [-0.2, -0.15) is 0 Å². The number of nitrogens with two attached hydrogens (primary N) is 1. The fourth-order valence-corrected chi connectivity index (χ4v) is 4.05. The first-order chi connectivity index (χ1) is 13.0. The van der Waals surface area contributed by atoms with E-state index in [-0.39, 0.29) is 41.6 Å². The van der Waals surface area contributed by atoms with Crippen LogP contribution in [0, 0.1) is 11.8 Å². The number of likely N-dealkylation sites (tertiary alicyclic amines) is 1. The van der Waals surface area contributed by atoms with Crippen LogP contribution in [-0.2, 0) is 14.4 Å². The van der Waals surface area contributed by atoms with Crippen LogP contribution in [0.25, 0.3) is 11.0 Å². The molecule has 8 nitrogen and oxygen atoms in total. The molecule has 0 radical (unpaired) electrons. The van der Waals surface area contributed by atoms with Gasteiger partial charge in [0.05, 0.1) is 11.8 Å². The molecule has 0 unspecified atom stereocenters. The Morgan fingerprint density at radius 1 is 1.11 bits per heavy atom. The van der Waals surface area contributed by atoms with Crippen LogP contribution in [0.4, 0.5) is 5.69 Å². The number of para-hydroxylation sites is 1. The average molecular weight is 369 g/mol. The Hall–Kier alpha value is -3.16. The molecule has 4 rings (SSSR count). The van der Waals surface area contributed by atoms with E-state index < -0.39 is 11.8 Å². The Morgan fingerprint density at radius 2 is 1.74 bits per heavy atom. The lowest BCUT2D eigenvalue weighted by atomic mass is 9.81. The normalized spacial score (nSPS) is 22.1. The van der Waals surface area contributed by atoms with E-state index in [0.717, 1.165) is 17.7 Å². The Labute approximate surface area is 154 Å². The lowest BCUT2D eigenvalue weighted by molar-refractivity contribution is -0.142. The Morgan fingerprint density at radius 3 is 2.37 bits per heavy atom. The van der Waals surface area contributed by atoms with Crippen molar-refractivity contribution in [3.05, 3.63) is 30.0 Å². The summed E-state index contributed by atoms with van der Waals surface area (Å²) in [5.74, 6) is -2.76. The van der Waals surface area contributed by atoms with Gasteiger partial charge in [0.25, 0.3) is 5.91 Å². The molecule has 2 aliphatic rings. The van der Waals surface area contributed by atoms with Gasteiger partial charge in [-0.05, 0) is 25.0 Å². The smallest absolute Gasteiger partial charge is 0.286 e. The highest BCUT2D eigenvalue weighted by Gasteiger charge is 2.48. The summed E-state index contributed by atoms with van der Waals surface area (Å²) in [6, 6.07) is 6.79. The molecule has 2 atom stereocenters. The number of carbonyl (C=O) groups is 4. The van der Waals surface area contributed by atoms with E-state index in [1.807, 2.05) is 0 Å². The number of nitrogens with zero attached hydrogens (tertiary/aromatic N) is 1. The highest BCUT2D eigenvalue weighted by Crippen LogP contribution is 2.38. The largest absolute Gasteiger partial charge is 0.449 e. The molecule has 2 aromatic rings. The zero-order valence-electron chi connectivity index (χ0n) is 14.6. The molecule has 2 fully saturated rings. The number of hydrogen-bond donors (Lipinski definition) is 2. The summed E-state index contributed by atoms with van der Waals surface area (Å²) in [5.41, 5.74) is 5.89. The average Bonchev–Trinajstić information content (AvgIpc) is 3.14. The predicted molar refractivity (Wildman–Crippen MR) is 95.5 cm³/mol. The fourth-order valence-electron chi connectivity index (χ4n) is 4.05. The summed E-state index contributed by atoms with van der Waals surface area (Å²) < 4.78 is 5.41. The number of nitrogens with one attached hydrogen (secondary N) is 1. The monoisotopic (exact) mass is 369 g/mol. The second-order valence-electron chi connectivity index (χ2n) is 6.97. The van der Waals surface area contributed by atoms with Gasteiger partial charge in [-0.15, -0.1) is 0 Å². The molecule has 0 bridgehead atoms. The van der Waals surface area contributed by atoms with Crippen molar-refractivity contribution in [2.45, 2.75) is 25.7 Å². The molecule has 1 aromatic carbocycles. The molecule has 140 valence electrons. The molecule has 0 spiro atoms. The van der Waals surface area contributed by atoms with Crippen molar-refractivity contribution in [1.82, 2.24) is 4.90 Å². The van der Waals surface area contributed by atoms with Crippen LogP contribution in [0.1, 0.15) is 36.2 Å². The van der Waals surface area contributed by atoms with Crippen LogP contribution in [0.3, 0.4) is 0 Å². The Balaban J connectivity index is 1.56. The minimum absolute atomic E-state index is 0.152. The van der Waals surface area contributed by atoms with E-state index in [4.69, 9.17) is 10.2 Å². The van der Waals surface area contributed by atoms with Gasteiger partial charge in [0.15, 0.2) is 0 Å². The minimum atomic E-state index is -0.819. The minimum Gasteiger partial charge on any atom is -0.449 e. The zero-order valence-corrected chi connectivity index (χ0v) is 14.6. The maximum atomic E-state index is 12.5. The third-order valence-electron chi connectivity index (χ3n) is 5.32. The highest BCUT2D eigenvalue weighted by atomic mass is 16.3. The first kappa shape index (κ1) is 17.3. The number of furan rings is 1. The predicted octanol–water partition coefficient (Wildman–Crippen LogP) is 1.65. The molecule has 4 amide bonds. The number of rotatable bonds is 4. The van der Waals surface area contributed by atoms with E-state index in [1.165, 1.54) is 0 Å². The van der Waals surface area contributed by atoms with Crippen LogP contribution >= 0.6 is 0 Å². The van der Waals surface area contributed by atoms with Crippen LogP contribution in [0.15, 0.2) is 28.7 Å². The van der Waals surface area contributed by atoms with Gasteiger partial charge in [-0.3, -0.25) is 24.1 Å². The zero-order chi connectivity index (χ0) is 19.1. The number of anilines is 1. The van der Waals surface area contributed by atoms with Gasteiger partial charge >= 0.3 is 0 Å². The SMILES string of the molecule is NC(=O)c1oc2ccccc2c1NC(=O)CN1C(=O)[C@H]2CCCC[C@H]2C1=O. The molecule has 2 heterocycles. The van der Waals surface area contributed by atoms with Crippen molar-refractivity contribution in [3.63, 3.8) is 0 Å². The number of hydrogen-bond acceptors (Lipinski definition) is 5. The first-order valence-corrected chi connectivity index (χ1v) is 8.93. The number of amides is 4. The van der Waals surface area contributed by atoms with E-state index in [9.17, 15) is 19.2 Å². The van der Waals surface area contributed by atoms with Gasteiger partial charge in [-0.25, -0.2) is 0 Å². The molecule has 1 saturated carbocycles. The summed E-state index contributed by atoms with van der Waals surface area (Å²) in [6.45, 7) is -0.387. The van der Waals surface area contributed by atoms with Crippen LogP contribution in [0.5, 0.6) is 0 Å². The summed E-state index contributed by atoms with van der Waals surface area (Å²) in [6.07, 6.45) is 3.21. The number of carbonyl (C=O) groups excluding carboxylic acids is 4. The van der Waals surface area contributed by atoms with Crippen molar-refractivity contribution in [3.8, 4) is 0 Å². The summed E-state index contributed by atoms with van der Waals surface area (Å²) in [7, 11) is 0. The van der Waals surface area contributed by atoms with E-state index in [0.29, 0.717) is 23.8 Å². The molecule has 1 aliphatic heterocycles. The lowest BCUT2D eigenvalue weighted by Crippen LogP contribution is -2.38. The second kappa shape index (κ2) is 6.53. The molecule has 1 saturated heterocycles. The molecule has 3 N–H and O–H groups in total. The summed E-state index contributed by atoms with van der Waals surface area (Å²) in [5, 5.41) is 3.11. The lowest BCUT2D eigenvalue weighted by Gasteiger charge is -2.19. The number of benzene rings is 1. The molecular formula is C19H19N3O5. The van der Waals surface area contributed by atoms with Crippen LogP contribution < -0.4 is 11.1 Å². The van der Waals surface area contributed by atoms with Crippen LogP contribution in [-0.4, -0.2) is 35.1 Å². The Kier molecular flexibility index (Phi) is 4.18. The number of primary amides is 1. The van der Waals surface area contributed by atoms with Gasteiger partial charge in [0.2, 0.25) is 23.5 Å². The quantitative estimate of drug-likeness (QED) is 0.793. The van der Waals surface area contributed by atoms with Crippen molar-refractivity contribution >= 4 is 40.3 Å². The third-order valence-corrected chi connectivity index (χ3v) is 5.32. The number of imide groups is 1. The van der Waals surface area contributed by atoms with Gasteiger partial charge in [0.1, 0.15) is 17.8 Å². The standard InChI is InChI=1S/C19H19N3O5/c20-17(24)16-15(12-7-3-4-8-13(12)27-16)21-14(23)9-22-18(25)10-5-1-2-6-11(10)19(22)26/h3-4,7-8,10-11H,1-2,5-6,9H2,(H2,20,24)(H,21,23)/t10-,11+. The third kappa shape index (κ3) is 2.87. The van der Waals surface area contributed by atoms with Crippen LogP contribution in [0.2, 0.25) is 0 Å². The molecule has 27 heavy (non-hydrogen) atoms. The summed E-state index contributed by atoms with van der Waals surface area (Å²) >= 11 is 0. The van der Waals surface area contributed by atoms with Crippen molar-refractivity contribution in [1.29, 1.82) is 0 Å². The van der Waals surface area contributed by atoms with Crippen molar-refractivity contribution in [2.75, 3.05) is 11.9 Å². The van der Waals surface area contributed by atoms with E-state index >= 15 is 0 Å². The molecule has 8 heteroatoms. The van der Waals surface area contributed by atoms with Gasteiger partial charge in [0, 0.05) is 5.39 Å². The second-order valence-corrected chi connectivity index (χ2v) is 6.97. The molecular weight excluding hydrogens is 350 g/mol. The van der Waals surface area contributed by atoms with Gasteiger partial charge < -0.3 is 15.5 Å². The maximum absolute atomic E-state index is 12.5. The first-order valence-electron chi connectivity index (χ1n) is 8.93. The molecule has 1 aliphatic carbocycles. The number of fused-ring (bicyclic) bond motifs is 2. The topological polar surface area (TPSA) is 123 Å². The van der Waals surface area contributed by atoms with Crippen molar-refractivity contribution in [2.24, 2.45) is 17.6 Å². The maximum Gasteiger partial charge on any atom is 0.286 e. The fraction of sp³-hybridized carbons (Fsp3) is 0.368. The van der Waals surface area contributed by atoms with Crippen molar-refractivity contribution < 1.29 is 23.6 Å². The van der Waals surface area contributed by atoms with Gasteiger partial charge in [-0.1, -0.05) is 25.0 Å². The Bertz CT molecular complexity index is 939. The highest BCUT2D eigenvalue weighted by molar-refractivity contribution is 6.13. The molecule has 1 aromatic heterocycles.